The number of halogens is 1. The summed E-state index contributed by atoms with van der Waals surface area (Å²) in [6.07, 6.45) is 0.398. The van der Waals surface area contributed by atoms with Crippen LogP contribution in [0, 0.1) is 5.82 Å². The van der Waals surface area contributed by atoms with E-state index in [1.807, 2.05) is 30.3 Å². The highest BCUT2D eigenvalue weighted by atomic mass is 19.1. The maximum Gasteiger partial charge on any atom is 0.344 e. The van der Waals surface area contributed by atoms with Gasteiger partial charge in [-0.25, -0.2) is 13.9 Å². The van der Waals surface area contributed by atoms with E-state index in [1.54, 1.807) is 12.1 Å². The van der Waals surface area contributed by atoms with Crippen molar-refractivity contribution in [2.45, 2.75) is 19.6 Å². The summed E-state index contributed by atoms with van der Waals surface area (Å²) in [5.41, 5.74) is 0.296. The number of benzene rings is 2. The van der Waals surface area contributed by atoms with Crippen molar-refractivity contribution in [2.24, 2.45) is 0 Å². The van der Waals surface area contributed by atoms with Gasteiger partial charge in [-0.2, -0.15) is 0 Å². The SMILES string of the molecule is O=c1[nH]c(=O)n(CCc2cccc(F)c2)nc1OCc1ccccc1. The van der Waals surface area contributed by atoms with E-state index in [0.29, 0.717) is 6.42 Å². The Morgan fingerprint density at radius 3 is 2.56 bits per heavy atom. The Morgan fingerprint density at radius 2 is 1.80 bits per heavy atom. The van der Waals surface area contributed by atoms with Crippen molar-refractivity contribution in [3.63, 3.8) is 0 Å². The average Bonchev–Trinajstić information content (AvgIpc) is 2.61. The third-order valence-electron chi connectivity index (χ3n) is 3.58. The highest BCUT2D eigenvalue weighted by Gasteiger charge is 2.08. The second kappa shape index (κ2) is 7.57. The number of nitrogens with one attached hydrogen (secondary N) is 1. The summed E-state index contributed by atoms with van der Waals surface area (Å²) in [4.78, 5) is 25.9. The summed E-state index contributed by atoms with van der Waals surface area (Å²) < 4.78 is 19.7. The first kappa shape index (κ1) is 16.6. The van der Waals surface area contributed by atoms with Crippen molar-refractivity contribution in [1.29, 1.82) is 0 Å². The van der Waals surface area contributed by atoms with Gasteiger partial charge in [-0.1, -0.05) is 42.5 Å². The van der Waals surface area contributed by atoms with Gasteiger partial charge in [0.05, 0.1) is 6.54 Å². The van der Waals surface area contributed by atoms with Gasteiger partial charge >= 0.3 is 11.2 Å². The molecule has 1 heterocycles. The molecule has 128 valence electrons. The number of aromatic amines is 1. The molecule has 1 aromatic heterocycles. The molecule has 7 heteroatoms. The van der Waals surface area contributed by atoms with Gasteiger partial charge in [0.25, 0.3) is 5.88 Å². The Labute approximate surface area is 142 Å². The van der Waals surface area contributed by atoms with Crippen LogP contribution in [0.1, 0.15) is 11.1 Å². The first-order valence-corrected chi connectivity index (χ1v) is 7.74. The molecule has 0 atom stereocenters. The molecule has 25 heavy (non-hydrogen) atoms. The van der Waals surface area contributed by atoms with E-state index in [0.717, 1.165) is 15.8 Å². The summed E-state index contributed by atoms with van der Waals surface area (Å²) in [5.74, 6) is -0.520. The molecule has 0 spiro atoms. The van der Waals surface area contributed by atoms with Crippen LogP contribution in [0.3, 0.4) is 0 Å². The second-order valence-corrected chi connectivity index (χ2v) is 5.44. The highest BCUT2D eigenvalue weighted by Crippen LogP contribution is 2.06. The van der Waals surface area contributed by atoms with Gasteiger partial charge in [0.1, 0.15) is 12.4 Å². The number of hydrogen-bond donors (Lipinski definition) is 1. The summed E-state index contributed by atoms with van der Waals surface area (Å²) in [7, 11) is 0. The molecule has 0 unspecified atom stereocenters. The molecule has 6 nitrogen and oxygen atoms in total. The lowest BCUT2D eigenvalue weighted by molar-refractivity contribution is 0.275. The first-order valence-electron chi connectivity index (χ1n) is 7.74. The highest BCUT2D eigenvalue weighted by molar-refractivity contribution is 5.16. The zero-order valence-corrected chi connectivity index (χ0v) is 13.3. The zero-order valence-electron chi connectivity index (χ0n) is 13.3. The molecule has 0 bridgehead atoms. The fraction of sp³-hybridized carbons (Fsp3) is 0.167. The average molecular weight is 341 g/mol. The largest absolute Gasteiger partial charge is 0.468 e. The molecule has 0 aliphatic rings. The zero-order chi connectivity index (χ0) is 17.6. The van der Waals surface area contributed by atoms with E-state index in [4.69, 9.17) is 4.74 Å². The molecule has 2 aromatic carbocycles. The number of nitrogens with zero attached hydrogens (tertiary/aromatic N) is 2. The van der Waals surface area contributed by atoms with Crippen LogP contribution in [0.4, 0.5) is 4.39 Å². The van der Waals surface area contributed by atoms with Crippen molar-refractivity contribution < 1.29 is 9.13 Å². The topological polar surface area (TPSA) is 77.0 Å². The predicted octanol–water partition coefficient (Wildman–Crippen LogP) is 1.89. The van der Waals surface area contributed by atoms with Gasteiger partial charge < -0.3 is 4.74 Å². The number of aryl methyl sites for hydroxylation is 2. The van der Waals surface area contributed by atoms with Crippen LogP contribution in [0.15, 0.2) is 64.2 Å². The maximum atomic E-state index is 13.2. The molecular formula is C18H16FN3O3. The van der Waals surface area contributed by atoms with Crippen molar-refractivity contribution in [3.05, 3.63) is 92.4 Å². The van der Waals surface area contributed by atoms with Crippen molar-refractivity contribution >= 4 is 0 Å². The van der Waals surface area contributed by atoms with Crippen LogP contribution >= 0.6 is 0 Å². The summed E-state index contributed by atoms with van der Waals surface area (Å²) in [5, 5.41) is 3.97. The normalized spacial score (nSPS) is 10.6. The fourth-order valence-corrected chi connectivity index (χ4v) is 2.31. The molecule has 0 amide bonds. The van der Waals surface area contributed by atoms with Crippen LogP contribution in [0.25, 0.3) is 0 Å². The van der Waals surface area contributed by atoms with Crippen molar-refractivity contribution in [3.8, 4) is 5.88 Å². The Balaban J connectivity index is 1.73. The van der Waals surface area contributed by atoms with Gasteiger partial charge in [-0.3, -0.25) is 9.78 Å². The van der Waals surface area contributed by atoms with Crippen LogP contribution in [-0.4, -0.2) is 14.8 Å². The summed E-state index contributed by atoms with van der Waals surface area (Å²) in [6, 6.07) is 15.4. The molecule has 0 saturated heterocycles. The van der Waals surface area contributed by atoms with E-state index in [-0.39, 0.29) is 24.8 Å². The van der Waals surface area contributed by atoms with Crippen LogP contribution in [0.2, 0.25) is 0 Å². The maximum absolute atomic E-state index is 13.2. The molecule has 1 N–H and O–H groups in total. The van der Waals surface area contributed by atoms with Crippen molar-refractivity contribution in [1.82, 2.24) is 14.8 Å². The lowest BCUT2D eigenvalue weighted by Gasteiger charge is -2.08. The van der Waals surface area contributed by atoms with Gasteiger partial charge in [0.15, 0.2) is 0 Å². The minimum atomic E-state index is -0.678. The Bertz CT molecular complexity index is 967. The third-order valence-corrected chi connectivity index (χ3v) is 3.58. The van der Waals surface area contributed by atoms with Crippen LogP contribution < -0.4 is 16.0 Å². The van der Waals surface area contributed by atoms with Crippen molar-refractivity contribution in [2.75, 3.05) is 0 Å². The third kappa shape index (κ3) is 4.41. The van der Waals surface area contributed by atoms with E-state index < -0.39 is 11.2 Å². The second-order valence-electron chi connectivity index (χ2n) is 5.44. The molecule has 0 aliphatic heterocycles. The molecule has 0 saturated carbocycles. The number of H-pyrrole nitrogens is 1. The predicted molar refractivity (Wildman–Crippen MR) is 90.0 cm³/mol. The standard InChI is InChI=1S/C18H16FN3O3/c19-15-8-4-7-13(11-15)9-10-22-18(24)20-16(23)17(21-22)25-12-14-5-2-1-3-6-14/h1-8,11H,9-10,12H2,(H,20,23,24). The first-order chi connectivity index (χ1) is 12.1. The fourth-order valence-electron chi connectivity index (χ4n) is 2.31. The van der Waals surface area contributed by atoms with Crippen LogP contribution in [-0.2, 0) is 19.6 Å². The van der Waals surface area contributed by atoms with Gasteiger partial charge in [-0.15, -0.1) is 5.10 Å². The molecule has 3 aromatic rings. The van der Waals surface area contributed by atoms with Crippen LogP contribution in [0.5, 0.6) is 5.88 Å². The number of aromatic nitrogens is 3. The Hall–Kier alpha value is -3.22. The Morgan fingerprint density at radius 1 is 1.04 bits per heavy atom. The summed E-state index contributed by atoms with van der Waals surface area (Å²) >= 11 is 0. The molecular weight excluding hydrogens is 325 g/mol. The Kier molecular flexibility index (Phi) is 5.03. The molecule has 3 rings (SSSR count). The van der Waals surface area contributed by atoms with Gasteiger partial charge in [-0.05, 0) is 29.7 Å². The van der Waals surface area contributed by atoms with E-state index in [1.165, 1.54) is 12.1 Å². The summed E-state index contributed by atoms with van der Waals surface area (Å²) in [6.45, 7) is 0.361. The van der Waals surface area contributed by atoms with Gasteiger partial charge in [0, 0.05) is 0 Å². The quantitative estimate of drug-likeness (QED) is 0.743. The number of rotatable bonds is 6. The lowest BCUT2D eigenvalue weighted by atomic mass is 10.1. The number of ether oxygens (including phenoxy) is 1. The van der Waals surface area contributed by atoms with E-state index in [2.05, 4.69) is 10.1 Å². The molecule has 0 fully saturated rings. The van der Waals surface area contributed by atoms with Gasteiger partial charge in [0.2, 0.25) is 0 Å². The van der Waals surface area contributed by atoms with E-state index in [9.17, 15) is 14.0 Å². The lowest BCUT2D eigenvalue weighted by Crippen LogP contribution is -2.33. The minimum Gasteiger partial charge on any atom is -0.468 e. The monoisotopic (exact) mass is 341 g/mol. The molecule has 0 aliphatic carbocycles. The molecule has 0 radical (unpaired) electrons. The number of hydrogen-bond acceptors (Lipinski definition) is 4. The smallest absolute Gasteiger partial charge is 0.344 e. The minimum absolute atomic E-state index is 0.166. The van der Waals surface area contributed by atoms with E-state index >= 15 is 0 Å².